The lowest BCUT2D eigenvalue weighted by molar-refractivity contribution is -0.123. The van der Waals surface area contributed by atoms with Gasteiger partial charge in [0.1, 0.15) is 5.82 Å². The molecule has 8 heteroatoms. The number of esters is 1. The molecule has 5 rings (SSSR count). The fraction of sp³-hybridized carbons (Fsp3) is 0.259. The zero-order valence-corrected chi connectivity index (χ0v) is 20.0. The van der Waals surface area contributed by atoms with E-state index in [0.717, 1.165) is 59.8 Å². The van der Waals surface area contributed by atoms with Gasteiger partial charge in [-0.25, -0.2) is 14.2 Å². The van der Waals surface area contributed by atoms with Crippen molar-refractivity contribution in [2.24, 2.45) is 0 Å². The first-order valence-corrected chi connectivity index (χ1v) is 12.5. The largest absolute Gasteiger partial charge is 0.449 e. The maximum Gasteiger partial charge on any atom is 0.339 e. The molecule has 35 heavy (non-hydrogen) atoms. The van der Waals surface area contributed by atoms with Gasteiger partial charge in [-0.1, -0.05) is 24.6 Å². The number of benzene rings is 2. The van der Waals surface area contributed by atoms with Gasteiger partial charge in [0.2, 0.25) is 0 Å². The van der Waals surface area contributed by atoms with E-state index in [1.165, 1.54) is 23.5 Å². The number of ether oxygens (including phenoxy) is 1. The molecule has 0 radical (unpaired) electrons. The predicted octanol–water partition coefficient (Wildman–Crippen LogP) is 5.95. The minimum Gasteiger partial charge on any atom is -0.449 e. The summed E-state index contributed by atoms with van der Waals surface area (Å²) in [7, 11) is 0. The maximum absolute atomic E-state index is 13.4. The van der Waals surface area contributed by atoms with Crippen LogP contribution in [0.1, 0.15) is 47.8 Å². The van der Waals surface area contributed by atoms with Crippen molar-refractivity contribution in [1.82, 2.24) is 9.97 Å². The Morgan fingerprint density at radius 1 is 1.03 bits per heavy atom. The normalized spacial score (nSPS) is 14.1. The monoisotopic (exact) mass is 489 g/mol. The Bertz CT molecular complexity index is 1400. The number of para-hydroxylation sites is 1. The summed E-state index contributed by atoms with van der Waals surface area (Å²) in [4.78, 5) is 35.3. The molecule has 2 aromatic heterocycles. The van der Waals surface area contributed by atoms with Crippen LogP contribution in [-0.4, -0.2) is 27.9 Å². The number of pyridine rings is 1. The van der Waals surface area contributed by atoms with Gasteiger partial charge in [-0.05, 0) is 68.5 Å². The van der Waals surface area contributed by atoms with Gasteiger partial charge in [0.25, 0.3) is 5.91 Å². The highest BCUT2D eigenvalue weighted by atomic mass is 32.1. The number of halogens is 1. The molecule has 0 bridgehead atoms. The molecule has 0 saturated carbocycles. The highest BCUT2D eigenvalue weighted by Crippen LogP contribution is 2.30. The Kier molecular flexibility index (Phi) is 6.55. The minimum absolute atomic E-state index is 0.327. The summed E-state index contributed by atoms with van der Waals surface area (Å²) in [5.41, 5.74) is 4.52. The molecule has 1 N–H and O–H groups in total. The fourth-order valence-electron chi connectivity index (χ4n) is 4.35. The van der Waals surface area contributed by atoms with Crippen molar-refractivity contribution in [3.8, 4) is 11.3 Å². The molecule has 0 saturated heterocycles. The van der Waals surface area contributed by atoms with Crippen LogP contribution in [0.25, 0.3) is 22.2 Å². The van der Waals surface area contributed by atoms with Gasteiger partial charge in [0.05, 0.1) is 16.8 Å². The van der Waals surface area contributed by atoms with Crippen molar-refractivity contribution >= 4 is 39.2 Å². The number of rotatable bonds is 5. The number of hydrogen-bond donors (Lipinski definition) is 1. The van der Waals surface area contributed by atoms with E-state index in [-0.39, 0.29) is 5.82 Å². The van der Waals surface area contributed by atoms with Crippen LogP contribution < -0.4 is 5.32 Å². The number of aromatic nitrogens is 2. The third kappa shape index (κ3) is 4.93. The minimum atomic E-state index is -1.02. The Balaban J connectivity index is 1.34. The smallest absolute Gasteiger partial charge is 0.339 e. The molecule has 0 aliphatic heterocycles. The van der Waals surface area contributed by atoms with Gasteiger partial charge < -0.3 is 4.74 Å². The fourth-order valence-corrected chi connectivity index (χ4v) is 5.07. The number of nitrogens with one attached hydrogen (secondary N) is 1. The van der Waals surface area contributed by atoms with Crippen LogP contribution in [-0.2, 0) is 22.4 Å². The number of thiazole rings is 1. The average molecular weight is 490 g/mol. The Morgan fingerprint density at radius 2 is 1.80 bits per heavy atom. The number of fused-ring (bicyclic) bond motifs is 2. The molecule has 2 heterocycles. The zero-order valence-electron chi connectivity index (χ0n) is 19.2. The first kappa shape index (κ1) is 23.1. The summed E-state index contributed by atoms with van der Waals surface area (Å²) in [5.74, 6) is -1.31. The van der Waals surface area contributed by atoms with Gasteiger partial charge in [-0.2, -0.15) is 0 Å². The van der Waals surface area contributed by atoms with Crippen molar-refractivity contribution in [1.29, 1.82) is 0 Å². The molecule has 1 amide bonds. The second kappa shape index (κ2) is 9.92. The quantitative estimate of drug-likeness (QED) is 0.277. The van der Waals surface area contributed by atoms with E-state index in [0.29, 0.717) is 16.4 Å². The van der Waals surface area contributed by atoms with E-state index in [2.05, 4.69) is 10.3 Å². The zero-order chi connectivity index (χ0) is 24.4. The molecule has 2 aromatic carbocycles. The van der Waals surface area contributed by atoms with Crippen molar-refractivity contribution in [2.45, 2.75) is 45.1 Å². The third-order valence-corrected chi connectivity index (χ3v) is 6.91. The number of carbonyl (C=O) groups excluding carboxylic acids is 2. The number of amides is 1. The summed E-state index contributed by atoms with van der Waals surface area (Å²) >= 11 is 1.25. The van der Waals surface area contributed by atoms with E-state index >= 15 is 0 Å². The second-order valence-corrected chi connectivity index (χ2v) is 9.43. The van der Waals surface area contributed by atoms with E-state index in [1.807, 2.05) is 24.3 Å². The number of anilines is 1. The summed E-state index contributed by atoms with van der Waals surface area (Å²) in [5, 5.41) is 5.61. The molecular weight excluding hydrogens is 465 g/mol. The van der Waals surface area contributed by atoms with E-state index in [4.69, 9.17) is 9.72 Å². The highest BCUT2D eigenvalue weighted by Gasteiger charge is 2.26. The Labute approximate surface area is 206 Å². The standard InChI is InChI=1S/C27H24FN3O3S/c1-16(25(32)31-27-30-23(15-35-27)17-11-13-18(28)14-12-17)34-26(33)24-19-7-3-2-4-9-21(19)29-22-10-6-5-8-20(22)24/h5-6,8,10-16H,2-4,7,9H2,1H3,(H,30,31,32)/t16-/m0/s1. The van der Waals surface area contributed by atoms with Gasteiger partial charge in [-0.15, -0.1) is 11.3 Å². The van der Waals surface area contributed by atoms with Crippen molar-refractivity contribution in [2.75, 3.05) is 5.32 Å². The van der Waals surface area contributed by atoms with Crippen LogP contribution in [0.4, 0.5) is 9.52 Å². The number of carbonyl (C=O) groups is 2. The molecule has 1 aliphatic carbocycles. The Hall–Kier alpha value is -3.65. The van der Waals surface area contributed by atoms with Crippen molar-refractivity contribution in [3.05, 3.63) is 76.5 Å². The van der Waals surface area contributed by atoms with Crippen LogP contribution in [0.15, 0.2) is 53.9 Å². The van der Waals surface area contributed by atoms with Crippen LogP contribution in [0, 0.1) is 5.82 Å². The van der Waals surface area contributed by atoms with E-state index in [1.54, 1.807) is 24.4 Å². The van der Waals surface area contributed by atoms with Gasteiger partial charge in [-0.3, -0.25) is 15.1 Å². The van der Waals surface area contributed by atoms with Crippen LogP contribution in [0.5, 0.6) is 0 Å². The summed E-state index contributed by atoms with van der Waals surface area (Å²) in [6.45, 7) is 1.55. The Morgan fingerprint density at radius 3 is 2.63 bits per heavy atom. The lowest BCUT2D eigenvalue weighted by atomic mass is 9.97. The summed E-state index contributed by atoms with van der Waals surface area (Å²) in [6, 6.07) is 13.5. The van der Waals surface area contributed by atoms with Crippen LogP contribution in [0.3, 0.4) is 0 Å². The first-order valence-electron chi connectivity index (χ1n) is 11.6. The molecule has 0 fully saturated rings. The van der Waals surface area contributed by atoms with Gasteiger partial charge in [0, 0.05) is 22.0 Å². The third-order valence-electron chi connectivity index (χ3n) is 6.15. The van der Waals surface area contributed by atoms with Crippen molar-refractivity contribution in [3.63, 3.8) is 0 Å². The molecule has 178 valence electrons. The van der Waals surface area contributed by atoms with E-state index in [9.17, 15) is 14.0 Å². The van der Waals surface area contributed by atoms with E-state index < -0.39 is 18.0 Å². The summed E-state index contributed by atoms with van der Waals surface area (Å²) < 4.78 is 18.8. The summed E-state index contributed by atoms with van der Waals surface area (Å²) in [6.07, 6.45) is 3.70. The number of hydrogen-bond acceptors (Lipinski definition) is 6. The average Bonchev–Trinajstić information content (AvgIpc) is 3.19. The second-order valence-electron chi connectivity index (χ2n) is 8.57. The maximum atomic E-state index is 13.4. The predicted molar refractivity (Wildman–Crippen MR) is 134 cm³/mol. The van der Waals surface area contributed by atoms with Gasteiger partial charge in [0.15, 0.2) is 11.2 Å². The molecular formula is C27H24FN3O3S. The molecule has 0 unspecified atom stereocenters. The lowest BCUT2D eigenvalue weighted by Crippen LogP contribution is -2.30. The molecule has 0 spiro atoms. The SMILES string of the molecule is C[C@H](OC(=O)c1c2c(nc3ccccc13)CCCCC2)C(=O)Nc1nc(-c2ccc(F)cc2)cs1. The highest BCUT2D eigenvalue weighted by molar-refractivity contribution is 7.14. The number of nitrogens with zero attached hydrogens (tertiary/aromatic N) is 2. The molecule has 1 aliphatic rings. The van der Waals surface area contributed by atoms with Gasteiger partial charge >= 0.3 is 5.97 Å². The van der Waals surface area contributed by atoms with Crippen LogP contribution >= 0.6 is 11.3 Å². The first-order chi connectivity index (χ1) is 17.0. The molecule has 4 aromatic rings. The van der Waals surface area contributed by atoms with Crippen molar-refractivity contribution < 1.29 is 18.7 Å². The lowest BCUT2D eigenvalue weighted by Gasteiger charge is -2.17. The molecule has 1 atom stereocenters. The molecule has 6 nitrogen and oxygen atoms in total. The number of aryl methyl sites for hydroxylation is 1. The van der Waals surface area contributed by atoms with Crippen LogP contribution in [0.2, 0.25) is 0 Å². The topological polar surface area (TPSA) is 81.2 Å².